The van der Waals surface area contributed by atoms with Crippen molar-refractivity contribution in [3.05, 3.63) is 66.3 Å². The molecule has 2 saturated heterocycles. The normalized spacial score (nSPS) is 19.3. The molecule has 2 aliphatic heterocycles. The van der Waals surface area contributed by atoms with Gasteiger partial charge in [0.1, 0.15) is 0 Å². The smallest absolute Gasteiger partial charge is 0.227 e. The average Bonchev–Trinajstić information content (AvgIpc) is 3.21. The van der Waals surface area contributed by atoms with Crippen molar-refractivity contribution < 1.29 is 4.52 Å². The largest absolute Gasteiger partial charge is 0.339 e. The van der Waals surface area contributed by atoms with E-state index in [1.807, 2.05) is 12.1 Å². The Morgan fingerprint density at radius 1 is 0.966 bits per heavy atom. The van der Waals surface area contributed by atoms with E-state index in [-0.39, 0.29) is 0 Å². The van der Waals surface area contributed by atoms with E-state index in [0.717, 1.165) is 43.6 Å². The van der Waals surface area contributed by atoms with Crippen molar-refractivity contribution in [2.45, 2.75) is 31.8 Å². The summed E-state index contributed by atoms with van der Waals surface area (Å²) in [5.74, 6) is 2.03. The number of aromatic nitrogens is 3. The van der Waals surface area contributed by atoms with Crippen LogP contribution < -0.4 is 0 Å². The molecule has 6 heteroatoms. The highest BCUT2D eigenvalue weighted by Gasteiger charge is 2.35. The number of hydrogen-bond acceptors (Lipinski definition) is 6. The van der Waals surface area contributed by atoms with Crippen LogP contribution in [0.5, 0.6) is 0 Å². The van der Waals surface area contributed by atoms with Gasteiger partial charge in [0.15, 0.2) is 0 Å². The Hall–Kier alpha value is -2.57. The second kappa shape index (κ2) is 8.43. The van der Waals surface area contributed by atoms with Crippen molar-refractivity contribution in [3.63, 3.8) is 0 Å². The maximum absolute atomic E-state index is 5.47. The zero-order valence-electron chi connectivity index (χ0n) is 16.7. The zero-order valence-corrected chi connectivity index (χ0v) is 16.7. The number of likely N-dealkylation sites (tertiary alicyclic amines) is 2. The van der Waals surface area contributed by atoms with E-state index in [9.17, 15) is 0 Å². The van der Waals surface area contributed by atoms with Gasteiger partial charge >= 0.3 is 0 Å². The minimum atomic E-state index is 0.628. The van der Waals surface area contributed by atoms with Gasteiger partial charge in [0, 0.05) is 50.1 Å². The molecule has 2 fully saturated rings. The molecule has 5 rings (SSSR count). The van der Waals surface area contributed by atoms with Gasteiger partial charge in [-0.2, -0.15) is 4.98 Å². The van der Waals surface area contributed by atoms with Crippen molar-refractivity contribution in [3.8, 4) is 11.4 Å². The summed E-state index contributed by atoms with van der Waals surface area (Å²) in [5.41, 5.74) is 2.37. The molecule has 0 saturated carbocycles. The van der Waals surface area contributed by atoms with Crippen LogP contribution in [0.25, 0.3) is 11.4 Å². The predicted molar refractivity (Wildman–Crippen MR) is 111 cm³/mol. The van der Waals surface area contributed by atoms with Crippen LogP contribution in [0.2, 0.25) is 0 Å². The van der Waals surface area contributed by atoms with E-state index in [1.165, 1.54) is 31.5 Å². The Morgan fingerprint density at radius 3 is 2.48 bits per heavy atom. The summed E-state index contributed by atoms with van der Waals surface area (Å²) in [6.45, 7) is 5.76. The first-order chi connectivity index (χ1) is 14.3. The first kappa shape index (κ1) is 18.5. The van der Waals surface area contributed by atoms with Gasteiger partial charge in [0.05, 0.1) is 0 Å². The monoisotopic (exact) mass is 389 g/mol. The molecule has 0 amide bonds. The minimum Gasteiger partial charge on any atom is -0.339 e. The van der Waals surface area contributed by atoms with Gasteiger partial charge in [-0.3, -0.25) is 14.8 Å². The fourth-order valence-electron chi connectivity index (χ4n) is 4.52. The molecule has 2 aliphatic rings. The Kier molecular flexibility index (Phi) is 5.37. The Morgan fingerprint density at radius 2 is 1.72 bits per heavy atom. The number of pyridine rings is 1. The van der Waals surface area contributed by atoms with Gasteiger partial charge in [-0.15, -0.1) is 0 Å². The summed E-state index contributed by atoms with van der Waals surface area (Å²) in [4.78, 5) is 13.8. The van der Waals surface area contributed by atoms with Crippen molar-refractivity contribution >= 4 is 0 Å². The lowest BCUT2D eigenvalue weighted by molar-refractivity contribution is 0.0157. The molecule has 2 aromatic heterocycles. The Balaban J connectivity index is 1.06. The fraction of sp³-hybridized carbons (Fsp3) is 0.435. The quantitative estimate of drug-likeness (QED) is 0.645. The molecule has 4 heterocycles. The highest BCUT2D eigenvalue weighted by Crippen LogP contribution is 2.28. The third-order valence-corrected chi connectivity index (χ3v) is 6.18. The van der Waals surface area contributed by atoms with Crippen LogP contribution in [-0.2, 0) is 13.0 Å². The first-order valence-electron chi connectivity index (χ1n) is 10.6. The van der Waals surface area contributed by atoms with Gasteiger partial charge in [-0.1, -0.05) is 35.5 Å². The van der Waals surface area contributed by atoms with Crippen LogP contribution >= 0.6 is 0 Å². The Bertz CT molecular complexity index is 899. The molecule has 29 heavy (non-hydrogen) atoms. The van der Waals surface area contributed by atoms with Crippen LogP contribution in [0.4, 0.5) is 0 Å². The lowest BCUT2D eigenvalue weighted by atomic mass is 9.91. The molecule has 6 nitrogen and oxygen atoms in total. The van der Waals surface area contributed by atoms with E-state index < -0.39 is 0 Å². The molecule has 0 bridgehead atoms. The van der Waals surface area contributed by atoms with E-state index in [4.69, 9.17) is 4.52 Å². The van der Waals surface area contributed by atoms with Crippen molar-refractivity contribution in [2.24, 2.45) is 5.92 Å². The first-order valence-corrected chi connectivity index (χ1v) is 10.6. The van der Waals surface area contributed by atoms with E-state index >= 15 is 0 Å². The van der Waals surface area contributed by atoms with Crippen molar-refractivity contribution in [2.75, 3.05) is 26.2 Å². The van der Waals surface area contributed by atoms with Gasteiger partial charge < -0.3 is 4.52 Å². The maximum atomic E-state index is 5.47. The predicted octanol–water partition coefficient (Wildman–Crippen LogP) is 3.27. The summed E-state index contributed by atoms with van der Waals surface area (Å²) >= 11 is 0. The van der Waals surface area contributed by atoms with Crippen LogP contribution in [-0.4, -0.2) is 57.1 Å². The van der Waals surface area contributed by atoms with E-state index in [1.54, 1.807) is 12.4 Å². The van der Waals surface area contributed by atoms with Crippen molar-refractivity contribution in [1.82, 2.24) is 24.9 Å². The molecule has 0 unspecified atom stereocenters. The number of nitrogens with zero attached hydrogens (tertiary/aromatic N) is 5. The summed E-state index contributed by atoms with van der Waals surface area (Å²) in [6.07, 6.45) is 6.92. The second-order valence-corrected chi connectivity index (χ2v) is 8.26. The maximum Gasteiger partial charge on any atom is 0.227 e. The van der Waals surface area contributed by atoms with Crippen LogP contribution in [0.15, 0.2) is 59.4 Å². The highest BCUT2D eigenvalue weighted by atomic mass is 16.5. The van der Waals surface area contributed by atoms with Crippen molar-refractivity contribution in [1.29, 1.82) is 0 Å². The van der Waals surface area contributed by atoms with E-state index in [2.05, 4.69) is 55.3 Å². The minimum absolute atomic E-state index is 0.628. The summed E-state index contributed by atoms with van der Waals surface area (Å²) in [5, 5.41) is 4.12. The molecule has 0 atom stereocenters. The molecule has 3 aromatic rings. The fourth-order valence-corrected chi connectivity index (χ4v) is 4.52. The lowest BCUT2D eigenvalue weighted by Gasteiger charge is -2.47. The van der Waals surface area contributed by atoms with Gasteiger partial charge in [-0.25, -0.2) is 0 Å². The third-order valence-electron chi connectivity index (χ3n) is 6.18. The van der Waals surface area contributed by atoms with Gasteiger partial charge in [-0.05, 0) is 49.5 Å². The summed E-state index contributed by atoms with van der Waals surface area (Å²) < 4.78 is 5.47. The summed E-state index contributed by atoms with van der Waals surface area (Å²) in [6, 6.07) is 15.3. The molecule has 0 radical (unpaired) electrons. The SMILES string of the molecule is c1ccc(CN2CCC(N3CC(Cc4nc(-c5ccncc5)no4)C3)CC2)cc1. The molecule has 0 aliphatic carbocycles. The molecule has 0 N–H and O–H groups in total. The summed E-state index contributed by atoms with van der Waals surface area (Å²) in [7, 11) is 0. The number of benzene rings is 1. The number of hydrogen-bond donors (Lipinski definition) is 0. The lowest BCUT2D eigenvalue weighted by Crippen LogP contribution is -2.55. The molecule has 1 aromatic carbocycles. The number of piperidine rings is 1. The highest BCUT2D eigenvalue weighted by molar-refractivity contribution is 5.52. The molecular formula is C23H27N5O. The average molecular weight is 390 g/mol. The topological polar surface area (TPSA) is 58.3 Å². The van der Waals surface area contributed by atoms with Crippen LogP contribution in [0, 0.1) is 5.92 Å². The van der Waals surface area contributed by atoms with Gasteiger partial charge in [0.2, 0.25) is 11.7 Å². The van der Waals surface area contributed by atoms with Gasteiger partial charge in [0.25, 0.3) is 0 Å². The molecule has 150 valence electrons. The van der Waals surface area contributed by atoms with Crippen LogP contribution in [0.1, 0.15) is 24.3 Å². The molecular weight excluding hydrogens is 362 g/mol. The zero-order chi connectivity index (χ0) is 19.5. The third kappa shape index (κ3) is 4.38. The van der Waals surface area contributed by atoms with E-state index in [0.29, 0.717) is 11.7 Å². The van der Waals surface area contributed by atoms with Crippen LogP contribution in [0.3, 0.4) is 0 Å². The second-order valence-electron chi connectivity index (χ2n) is 8.26. The standard InChI is InChI=1S/C23H27N5O/c1-2-4-18(5-3-1)15-27-12-8-21(9-13-27)28-16-19(17-28)14-22-25-23(26-29-22)20-6-10-24-11-7-20/h1-7,10-11,19,21H,8-9,12-17H2. The Labute approximate surface area is 171 Å². The molecule has 0 spiro atoms. The number of rotatable bonds is 6.